The molecule has 2 aromatic heterocycles. The number of aromatic nitrogens is 4. The molecule has 0 bridgehead atoms. The average molecular weight is 417 g/mol. The van der Waals surface area contributed by atoms with Gasteiger partial charge in [0.15, 0.2) is 5.65 Å². The van der Waals surface area contributed by atoms with E-state index in [-0.39, 0.29) is 17.9 Å². The molecule has 7 heteroatoms. The maximum Gasteiger partial charge on any atom is 0.225 e. The van der Waals surface area contributed by atoms with Gasteiger partial charge in [0.1, 0.15) is 11.3 Å². The molecule has 0 aliphatic heterocycles. The Labute approximate surface area is 180 Å². The molecule has 1 saturated carbocycles. The van der Waals surface area contributed by atoms with Crippen LogP contribution < -0.4 is 10.6 Å². The van der Waals surface area contributed by atoms with Crippen LogP contribution in [0.4, 0.5) is 22.0 Å². The van der Waals surface area contributed by atoms with Crippen LogP contribution in [-0.4, -0.2) is 19.5 Å². The van der Waals surface area contributed by atoms with Gasteiger partial charge in [0.2, 0.25) is 11.9 Å². The Bertz CT molecular complexity index is 1180. The number of hydrogen-bond donors (Lipinski definition) is 2. The Morgan fingerprint density at radius 1 is 1.00 bits per heavy atom. The molecule has 2 N–H and O–H groups in total. The average Bonchev–Trinajstić information content (AvgIpc) is 3.43. The van der Waals surface area contributed by atoms with Gasteiger partial charge in [-0.2, -0.15) is 4.98 Å². The van der Waals surface area contributed by atoms with E-state index in [1.165, 1.54) is 18.9 Å². The predicted octanol–water partition coefficient (Wildman–Crippen LogP) is 6.00. The number of benzene rings is 2. The van der Waals surface area contributed by atoms with Crippen LogP contribution in [-0.2, 0) is 0 Å². The SMILES string of the molecule is CC(Nc1ncc2nc(Nc3ccccc3F)n(C3CCCC3)c2n1)c1ccccc1. The minimum absolute atomic E-state index is 0.0671. The summed E-state index contributed by atoms with van der Waals surface area (Å²) >= 11 is 0. The van der Waals surface area contributed by atoms with Gasteiger partial charge in [-0.05, 0) is 37.5 Å². The first-order valence-corrected chi connectivity index (χ1v) is 10.8. The highest BCUT2D eigenvalue weighted by Crippen LogP contribution is 2.36. The largest absolute Gasteiger partial charge is 0.348 e. The minimum atomic E-state index is -0.308. The second-order valence-electron chi connectivity index (χ2n) is 8.03. The van der Waals surface area contributed by atoms with Crippen molar-refractivity contribution in [1.82, 2.24) is 19.5 Å². The van der Waals surface area contributed by atoms with E-state index in [9.17, 15) is 4.39 Å². The Morgan fingerprint density at radius 3 is 2.52 bits per heavy atom. The third kappa shape index (κ3) is 3.95. The third-order valence-electron chi connectivity index (χ3n) is 5.89. The zero-order valence-electron chi connectivity index (χ0n) is 17.4. The fraction of sp³-hybridized carbons (Fsp3) is 0.292. The Morgan fingerprint density at radius 2 is 1.74 bits per heavy atom. The van der Waals surface area contributed by atoms with Gasteiger partial charge < -0.3 is 10.6 Å². The molecule has 2 aromatic carbocycles. The molecule has 0 saturated heterocycles. The fourth-order valence-corrected chi connectivity index (χ4v) is 4.26. The summed E-state index contributed by atoms with van der Waals surface area (Å²) in [5.41, 5.74) is 3.03. The standard InChI is InChI=1S/C24H25FN6/c1-16(17-9-3-2-4-10-17)27-23-26-15-21-22(30-23)31(18-11-5-6-12-18)24(29-21)28-20-14-8-7-13-19(20)25/h2-4,7-10,13-16,18H,5-6,11-12H2,1H3,(H,28,29)(H,26,27,30). The second-order valence-corrected chi connectivity index (χ2v) is 8.03. The smallest absolute Gasteiger partial charge is 0.225 e. The predicted molar refractivity (Wildman–Crippen MR) is 121 cm³/mol. The van der Waals surface area contributed by atoms with Crippen molar-refractivity contribution in [3.63, 3.8) is 0 Å². The van der Waals surface area contributed by atoms with Crippen molar-refractivity contribution >= 4 is 28.7 Å². The van der Waals surface area contributed by atoms with E-state index < -0.39 is 0 Å². The van der Waals surface area contributed by atoms with Crippen LogP contribution >= 0.6 is 0 Å². The van der Waals surface area contributed by atoms with Gasteiger partial charge in [-0.3, -0.25) is 4.57 Å². The highest BCUT2D eigenvalue weighted by molar-refractivity contribution is 5.76. The summed E-state index contributed by atoms with van der Waals surface area (Å²) in [5.74, 6) is 0.854. The van der Waals surface area contributed by atoms with Gasteiger partial charge in [0.25, 0.3) is 0 Å². The van der Waals surface area contributed by atoms with Crippen LogP contribution in [0.3, 0.4) is 0 Å². The Kier molecular flexibility index (Phi) is 5.24. The van der Waals surface area contributed by atoms with E-state index in [0.717, 1.165) is 24.1 Å². The van der Waals surface area contributed by atoms with Crippen molar-refractivity contribution in [2.24, 2.45) is 0 Å². The minimum Gasteiger partial charge on any atom is -0.348 e. The maximum atomic E-state index is 14.3. The molecule has 0 amide bonds. The Hall–Kier alpha value is -3.48. The van der Waals surface area contributed by atoms with E-state index in [2.05, 4.69) is 39.2 Å². The molecule has 158 valence electrons. The summed E-state index contributed by atoms with van der Waals surface area (Å²) in [5, 5.41) is 6.57. The van der Waals surface area contributed by atoms with Gasteiger partial charge in [0.05, 0.1) is 17.9 Å². The van der Waals surface area contributed by atoms with Gasteiger partial charge in [-0.15, -0.1) is 0 Å². The maximum absolute atomic E-state index is 14.3. The lowest BCUT2D eigenvalue weighted by Crippen LogP contribution is -2.12. The van der Waals surface area contributed by atoms with Gasteiger partial charge in [0, 0.05) is 6.04 Å². The molecule has 31 heavy (non-hydrogen) atoms. The van der Waals surface area contributed by atoms with E-state index in [1.54, 1.807) is 24.4 Å². The molecule has 0 spiro atoms. The lowest BCUT2D eigenvalue weighted by atomic mass is 10.1. The second kappa shape index (κ2) is 8.34. The molecule has 0 radical (unpaired) electrons. The molecule has 2 heterocycles. The zero-order valence-corrected chi connectivity index (χ0v) is 17.4. The van der Waals surface area contributed by atoms with E-state index >= 15 is 0 Å². The van der Waals surface area contributed by atoms with E-state index in [0.29, 0.717) is 23.1 Å². The van der Waals surface area contributed by atoms with Gasteiger partial charge in [-0.25, -0.2) is 14.4 Å². The van der Waals surface area contributed by atoms with Crippen molar-refractivity contribution in [3.05, 3.63) is 72.2 Å². The number of hydrogen-bond acceptors (Lipinski definition) is 5. The van der Waals surface area contributed by atoms with Crippen molar-refractivity contribution in [3.8, 4) is 0 Å². The summed E-state index contributed by atoms with van der Waals surface area (Å²) in [6, 6.07) is 17.2. The number of nitrogens with zero attached hydrogens (tertiary/aromatic N) is 4. The molecule has 5 rings (SSSR count). The van der Waals surface area contributed by atoms with E-state index in [4.69, 9.17) is 9.97 Å². The Balaban J connectivity index is 1.52. The van der Waals surface area contributed by atoms with Crippen molar-refractivity contribution in [1.29, 1.82) is 0 Å². The van der Waals surface area contributed by atoms with Crippen LogP contribution in [0.5, 0.6) is 0 Å². The first kappa shape index (κ1) is 19.5. The highest BCUT2D eigenvalue weighted by atomic mass is 19.1. The summed E-state index contributed by atoms with van der Waals surface area (Å²) in [6.45, 7) is 2.09. The van der Waals surface area contributed by atoms with Crippen molar-refractivity contribution < 1.29 is 4.39 Å². The number of para-hydroxylation sites is 1. The number of nitrogens with one attached hydrogen (secondary N) is 2. The number of halogens is 1. The van der Waals surface area contributed by atoms with Gasteiger partial charge >= 0.3 is 0 Å². The van der Waals surface area contributed by atoms with Crippen LogP contribution in [0.15, 0.2) is 60.8 Å². The molecule has 1 atom stereocenters. The van der Waals surface area contributed by atoms with Gasteiger partial charge in [-0.1, -0.05) is 55.3 Å². The quantitative estimate of drug-likeness (QED) is 0.404. The van der Waals surface area contributed by atoms with Crippen molar-refractivity contribution in [2.45, 2.75) is 44.7 Å². The monoisotopic (exact) mass is 416 g/mol. The third-order valence-corrected chi connectivity index (χ3v) is 5.89. The molecule has 1 aliphatic carbocycles. The number of rotatable bonds is 6. The van der Waals surface area contributed by atoms with E-state index in [1.807, 2.05) is 18.2 Å². The summed E-state index contributed by atoms with van der Waals surface area (Å²) in [7, 11) is 0. The van der Waals surface area contributed by atoms with Crippen LogP contribution in [0.1, 0.15) is 50.3 Å². The fourth-order valence-electron chi connectivity index (χ4n) is 4.26. The summed E-state index contributed by atoms with van der Waals surface area (Å²) in [6.07, 6.45) is 6.20. The molecule has 1 fully saturated rings. The molecule has 1 aliphatic rings. The lowest BCUT2D eigenvalue weighted by molar-refractivity contribution is 0.535. The number of anilines is 3. The molecule has 1 unspecified atom stereocenters. The lowest BCUT2D eigenvalue weighted by Gasteiger charge is -2.17. The number of fused-ring (bicyclic) bond motifs is 1. The highest BCUT2D eigenvalue weighted by Gasteiger charge is 2.24. The first-order chi connectivity index (χ1) is 15.2. The topological polar surface area (TPSA) is 67.7 Å². The molecular weight excluding hydrogens is 391 g/mol. The van der Waals surface area contributed by atoms with Crippen LogP contribution in [0, 0.1) is 5.82 Å². The van der Waals surface area contributed by atoms with Crippen molar-refractivity contribution in [2.75, 3.05) is 10.6 Å². The first-order valence-electron chi connectivity index (χ1n) is 10.8. The molecular formula is C24H25FN6. The molecule has 6 nitrogen and oxygen atoms in total. The number of imidazole rings is 1. The van der Waals surface area contributed by atoms with Crippen LogP contribution in [0.25, 0.3) is 11.2 Å². The zero-order chi connectivity index (χ0) is 21.2. The normalized spacial score (nSPS) is 15.3. The van der Waals surface area contributed by atoms with Crippen LogP contribution in [0.2, 0.25) is 0 Å². The summed E-state index contributed by atoms with van der Waals surface area (Å²) < 4.78 is 16.4. The molecule has 4 aromatic rings. The summed E-state index contributed by atoms with van der Waals surface area (Å²) in [4.78, 5) is 14.0.